The minimum Gasteiger partial charge on any atom is -0.469 e. The second kappa shape index (κ2) is 6.04. The maximum Gasteiger partial charge on any atom is 0.315 e. The Morgan fingerprint density at radius 3 is 2.90 bits per heavy atom. The zero-order valence-corrected chi connectivity index (χ0v) is 12.1. The van der Waals surface area contributed by atoms with Crippen molar-refractivity contribution >= 4 is 6.03 Å². The molecule has 1 aromatic carbocycles. The summed E-state index contributed by atoms with van der Waals surface area (Å²) in [5, 5.41) is 6.04. The first-order valence-corrected chi connectivity index (χ1v) is 7.42. The first-order chi connectivity index (χ1) is 10.2. The molecular weight excluding hydrogens is 264 g/mol. The lowest BCUT2D eigenvalue weighted by molar-refractivity contribution is 0.232. The lowest BCUT2D eigenvalue weighted by Gasteiger charge is -2.24. The van der Waals surface area contributed by atoms with E-state index in [9.17, 15) is 4.79 Å². The molecule has 4 heteroatoms. The fraction of sp³-hybridized carbons (Fsp3) is 0.353. The summed E-state index contributed by atoms with van der Waals surface area (Å²) in [4.78, 5) is 12.2. The molecule has 2 N–H and O–H groups in total. The number of rotatable bonds is 3. The molecule has 21 heavy (non-hydrogen) atoms. The van der Waals surface area contributed by atoms with E-state index in [1.54, 1.807) is 6.26 Å². The van der Waals surface area contributed by atoms with E-state index in [1.807, 2.05) is 43.3 Å². The third-order valence-corrected chi connectivity index (χ3v) is 4.00. The second-order valence-electron chi connectivity index (χ2n) is 5.49. The zero-order chi connectivity index (χ0) is 14.7. The van der Waals surface area contributed by atoms with Gasteiger partial charge in [-0.05, 0) is 31.4 Å². The summed E-state index contributed by atoms with van der Waals surface area (Å²) in [6.45, 7) is 1.99. The Balaban J connectivity index is 1.61. The molecule has 2 aromatic rings. The molecule has 0 saturated carbocycles. The molecule has 1 aliphatic rings. The number of hydrogen-bond acceptors (Lipinski definition) is 2. The van der Waals surface area contributed by atoms with Crippen LogP contribution in [0.3, 0.4) is 0 Å². The number of fused-ring (bicyclic) bond motifs is 1. The fourth-order valence-electron chi connectivity index (χ4n) is 2.86. The van der Waals surface area contributed by atoms with E-state index < -0.39 is 0 Å². The molecule has 1 heterocycles. The second-order valence-corrected chi connectivity index (χ2v) is 5.49. The molecule has 2 amide bonds. The molecular formula is C17H20N2O2. The van der Waals surface area contributed by atoms with Crippen LogP contribution in [0, 0.1) is 0 Å². The van der Waals surface area contributed by atoms with Gasteiger partial charge in [-0.3, -0.25) is 0 Å². The number of hydrogen-bond donors (Lipinski definition) is 2. The lowest BCUT2D eigenvalue weighted by atomic mass is 9.93. The highest BCUT2D eigenvalue weighted by Crippen LogP contribution is 2.30. The highest BCUT2D eigenvalue weighted by Gasteiger charge is 2.24. The third kappa shape index (κ3) is 3.10. The van der Waals surface area contributed by atoms with Gasteiger partial charge in [-0.25, -0.2) is 4.79 Å². The number of carbonyl (C=O) groups excluding carboxylic acids is 1. The molecule has 0 aliphatic heterocycles. The van der Waals surface area contributed by atoms with Crippen molar-refractivity contribution in [2.45, 2.75) is 38.3 Å². The standard InChI is InChI=1S/C17H20N2O2/c1-12(13-6-3-2-4-7-13)18-17(20)19-15-8-5-9-16-14(15)10-11-21-16/h2-4,6-7,10-12,15H,5,8-9H2,1H3,(H2,18,19,20). The minimum atomic E-state index is -0.134. The molecule has 3 rings (SSSR count). The van der Waals surface area contributed by atoms with Gasteiger partial charge in [0.1, 0.15) is 5.76 Å². The first-order valence-electron chi connectivity index (χ1n) is 7.42. The van der Waals surface area contributed by atoms with Crippen molar-refractivity contribution in [3.63, 3.8) is 0 Å². The van der Waals surface area contributed by atoms with E-state index in [0.717, 1.165) is 36.1 Å². The van der Waals surface area contributed by atoms with Crippen LogP contribution in [0.5, 0.6) is 0 Å². The number of urea groups is 1. The van der Waals surface area contributed by atoms with Crippen molar-refractivity contribution in [1.82, 2.24) is 10.6 Å². The average molecular weight is 284 g/mol. The summed E-state index contributed by atoms with van der Waals surface area (Å²) in [5.41, 5.74) is 2.21. The van der Waals surface area contributed by atoms with Crippen molar-refractivity contribution in [3.8, 4) is 0 Å². The van der Waals surface area contributed by atoms with Gasteiger partial charge in [0.2, 0.25) is 0 Å². The largest absolute Gasteiger partial charge is 0.469 e. The fourth-order valence-corrected chi connectivity index (χ4v) is 2.86. The summed E-state index contributed by atoms with van der Waals surface area (Å²) in [5.74, 6) is 1.00. The van der Waals surface area contributed by atoms with E-state index in [1.165, 1.54) is 0 Å². The topological polar surface area (TPSA) is 54.3 Å². The third-order valence-electron chi connectivity index (χ3n) is 4.00. The molecule has 2 unspecified atom stereocenters. The van der Waals surface area contributed by atoms with Crippen LogP contribution in [0.25, 0.3) is 0 Å². The molecule has 0 radical (unpaired) electrons. The first kappa shape index (κ1) is 13.7. The minimum absolute atomic E-state index is 0.0152. The molecule has 0 saturated heterocycles. The molecule has 0 fully saturated rings. The van der Waals surface area contributed by atoms with Crippen molar-refractivity contribution in [2.24, 2.45) is 0 Å². The van der Waals surface area contributed by atoms with Crippen molar-refractivity contribution < 1.29 is 9.21 Å². The van der Waals surface area contributed by atoms with Gasteiger partial charge in [0, 0.05) is 12.0 Å². The number of carbonyl (C=O) groups is 1. The van der Waals surface area contributed by atoms with Gasteiger partial charge in [-0.1, -0.05) is 30.3 Å². The van der Waals surface area contributed by atoms with E-state index in [4.69, 9.17) is 4.42 Å². The van der Waals surface area contributed by atoms with Crippen molar-refractivity contribution in [2.75, 3.05) is 0 Å². The van der Waals surface area contributed by atoms with Gasteiger partial charge in [0.25, 0.3) is 0 Å². The van der Waals surface area contributed by atoms with Gasteiger partial charge in [0.05, 0.1) is 18.3 Å². The summed E-state index contributed by atoms with van der Waals surface area (Å²) < 4.78 is 5.45. The molecule has 4 nitrogen and oxygen atoms in total. The molecule has 0 spiro atoms. The van der Waals surface area contributed by atoms with Crippen LogP contribution in [0.4, 0.5) is 4.79 Å². The van der Waals surface area contributed by atoms with Crippen molar-refractivity contribution in [3.05, 3.63) is 59.5 Å². The van der Waals surface area contributed by atoms with Gasteiger partial charge >= 0.3 is 6.03 Å². The normalized spacial score (nSPS) is 18.6. The van der Waals surface area contributed by atoms with E-state index in [0.29, 0.717) is 0 Å². The number of amides is 2. The van der Waals surface area contributed by atoms with Crippen LogP contribution < -0.4 is 10.6 Å². The van der Waals surface area contributed by atoms with E-state index >= 15 is 0 Å². The van der Waals surface area contributed by atoms with Gasteiger partial charge in [0.15, 0.2) is 0 Å². The lowest BCUT2D eigenvalue weighted by Crippen LogP contribution is -2.40. The van der Waals surface area contributed by atoms with Crippen LogP contribution in [0.15, 0.2) is 47.1 Å². The highest BCUT2D eigenvalue weighted by atomic mass is 16.3. The van der Waals surface area contributed by atoms with Crippen LogP contribution in [0.2, 0.25) is 0 Å². The number of furan rings is 1. The van der Waals surface area contributed by atoms with Gasteiger partial charge < -0.3 is 15.1 Å². The predicted octanol–water partition coefficient (Wildman–Crippen LogP) is 3.72. The predicted molar refractivity (Wildman–Crippen MR) is 80.9 cm³/mol. The maximum atomic E-state index is 12.2. The summed E-state index contributed by atoms with van der Waals surface area (Å²) in [7, 11) is 0. The van der Waals surface area contributed by atoms with Crippen LogP contribution in [0.1, 0.15) is 48.7 Å². The van der Waals surface area contributed by atoms with Gasteiger partial charge in [-0.2, -0.15) is 0 Å². The molecule has 1 aliphatic carbocycles. The van der Waals surface area contributed by atoms with E-state index in [2.05, 4.69) is 10.6 Å². The molecule has 2 atom stereocenters. The summed E-state index contributed by atoms with van der Waals surface area (Å²) in [6, 6.07) is 11.8. The van der Waals surface area contributed by atoms with Crippen molar-refractivity contribution in [1.29, 1.82) is 0 Å². The van der Waals surface area contributed by atoms with Crippen LogP contribution >= 0.6 is 0 Å². The maximum absolute atomic E-state index is 12.2. The monoisotopic (exact) mass is 284 g/mol. The number of aryl methyl sites for hydroxylation is 1. The van der Waals surface area contributed by atoms with Crippen LogP contribution in [-0.2, 0) is 6.42 Å². The number of benzene rings is 1. The molecule has 110 valence electrons. The smallest absolute Gasteiger partial charge is 0.315 e. The molecule has 1 aromatic heterocycles. The SMILES string of the molecule is CC(NC(=O)NC1CCCc2occc21)c1ccccc1. The Kier molecular flexibility index (Phi) is 3.95. The number of nitrogens with one attached hydrogen (secondary N) is 2. The Morgan fingerprint density at radius 2 is 2.10 bits per heavy atom. The summed E-state index contributed by atoms with van der Waals surface area (Å²) >= 11 is 0. The Labute approximate surface area is 124 Å². The average Bonchev–Trinajstić information content (AvgIpc) is 2.97. The molecule has 0 bridgehead atoms. The van der Waals surface area contributed by atoms with Crippen LogP contribution in [-0.4, -0.2) is 6.03 Å². The van der Waals surface area contributed by atoms with Gasteiger partial charge in [-0.15, -0.1) is 0 Å². The Bertz CT molecular complexity index is 606. The quantitative estimate of drug-likeness (QED) is 0.902. The Morgan fingerprint density at radius 1 is 1.29 bits per heavy atom. The summed E-state index contributed by atoms with van der Waals surface area (Å²) in [6.07, 6.45) is 4.66. The van der Waals surface area contributed by atoms with E-state index in [-0.39, 0.29) is 18.1 Å². The Hall–Kier alpha value is -2.23. The zero-order valence-electron chi connectivity index (χ0n) is 12.1. The highest BCUT2D eigenvalue weighted by molar-refractivity contribution is 5.75.